The summed E-state index contributed by atoms with van der Waals surface area (Å²) in [5.41, 5.74) is 0. The number of amides is 1. The number of aliphatic imine (C=N–C) groups is 1. The van der Waals surface area contributed by atoms with Crippen molar-refractivity contribution in [2.45, 2.75) is 19.3 Å². The van der Waals surface area contributed by atoms with Crippen molar-refractivity contribution < 1.29 is 9.21 Å². The van der Waals surface area contributed by atoms with Gasteiger partial charge < -0.3 is 20.0 Å². The maximum Gasteiger partial charge on any atom is 0.243 e. The summed E-state index contributed by atoms with van der Waals surface area (Å²) >= 11 is 1.86. The molecule has 138 valence electrons. The van der Waals surface area contributed by atoms with Gasteiger partial charge in [0.1, 0.15) is 12.3 Å². The highest BCUT2D eigenvalue weighted by atomic mass is 127. The van der Waals surface area contributed by atoms with E-state index in [-0.39, 0.29) is 36.4 Å². The standard InChI is InChI=1S/C16H28N4O2S.HI/c1-20(2)15(21)13-19-16(17-9-4-5-12-23-3)18-10-8-14-7-6-11-22-14;/h6-7,11H,4-5,8-10,12-13H2,1-3H3,(H2,17,18,19);1H. The van der Waals surface area contributed by atoms with Crippen LogP contribution in [0.1, 0.15) is 18.6 Å². The van der Waals surface area contributed by atoms with E-state index in [4.69, 9.17) is 4.42 Å². The lowest BCUT2D eigenvalue weighted by molar-refractivity contribution is -0.127. The maximum absolute atomic E-state index is 11.7. The minimum absolute atomic E-state index is 0. The summed E-state index contributed by atoms with van der Waals surface area (Å²) < 4.78 is 5.31. The number of furan rings is 1. The zero-order valence-electron chi connectivity index (χ0n) is 14.7. The van der Waals surface area contributed by atoms with Gasteiger partial charge in [0.05, 0.1) is 6.26 Å². The number of nitrogens with one attached hydrogen (secondary N) is 2. The van der Waals surface area contributed by atoms with Crippen molar-refractivity contribution in [3.8, 4) is 0 Å². The summed E-state index contributed by atoms with van der Waals surface area (Å²) in [6.45, 7) is 1.71. The van der Waals surface area contributed by atoms with Gasteiger partial charge in [0, 0.05) is 33.6 Å². The molecule has 0 spiro atoms. The first-order valence-corrected chi connectivity index (χ1v) is 9.26. The molecule has 0 saturated carbocycles. The van der Waals surface area contributed by atoms with Gasteiger partial charge in [0.25, 0.3) is 0 Å². The second kappa shape index (κ2) is 14.4. The van der Waals surface area contributed by atoms with Crippen LogP contribution in [0.15, 0.2) is 27.8 Å². The Morgan fingerprint density at radius 3 is 2.67 bits per heavy atom. The number of rotatable bonds is 10. The first-order valence-electron chi connectivity index (χ1n) is 7.87. The molecular weight excluding hydrogens is 439 g/mol. The van der Waals surface area contributed by atoms with Crippen LogP contribution in [-0.4, -0.2) is 62.5 Å². The SMILES string of the molecule is CSCCCCNC(=NCC(=O)N(C)C)NCCc1ccco1.I. The van der Waals surface area contributed by atoms with Gasteiger partial charge in [-0.05, 0) is 37.0 Å². The van der Waals surface area contributed by atoms with Crippen molar-refractivity contribution >= 4 is 47.6 Å². The minimum atomic E-state index is -0.0143. The number of halogens is 1. The molecule has 0 aliphatic heterocycles. The van der Waals surface area contributed by atoms with E-state index in [1.165, 1.54) is 12.2 Å². The van der Waals surface area contributed by atoms with Crippen molar-refractivity contribution in [3.05, 3.63) is 24.2 Å². The Balaban J connectivity index is 0.00000529. The van der Waals surface area contributed by atoms with Crippen LogP contribution < -0.4 is 10.6 Å². The predicted octanol–water partition coefficient (Wildman–Crippen LogP) is 2.21. The van der Waals surface area contributed by atoms with E-state index < -0.39 is 0 Å². The van der Waals surface area contributed by atoms with Crippen LogP contribution in [0.25, 0.3) is 0 Å². The summed E-state index contributed by atoms with van der Waals surface area (Å²) in [6, 6.07) is 3.83. The highest BCUT2D eigenvalue weighted by molar-refractivity contribution is 14.0. The highest BCUT2D eigenvalue weighted by Gasteiger charge is 2.04. The number of guanidine groups is 1. The molecule has 1 rings (SSSR count). The van der Waals surface area contributed by atoms with Crippen molar-refractivity contribution in [3.63, 3.8) is 0 Å². The third-order valence-corrected chi connectivity index (χ3v) is 3.88. The number of hydrogen-bond donors (Lipinski definition) is 2. The molecule has 0 saturated heterocycles. The van der Waals surface area contributed by atoms with Crippen LogP contribution in [0, 0.1) is 0 Å². The smallest absolute Gasteiger partial charge is 0.243 e. The van der Waals surface area contributed by atoms with Crippen LogP contribution in [0.4, 0.5) is 0 Å². The number of nitrogens with zero attached hydrogens (tertiary/aromatic N) is 2. The van der Waals surface area contributed by atoms with E-state index >= 15 is 0 Å². The molecule has 1 amide bonds. The van der Waals surface area contributed by atoms with Crippen molar-refractivity contribution in [2.24, 2.45) is 4.99 Å². The fraction of sp³-hybridized carbons (Fsp3) is 0.625. The van der Waals surface area contributed by atoms with Gasteiger partial charge in [0.2, 0.25) is 5.91 Å². The zero-order valence-corrected chi connectivity index (χ0v) is 17.9. The lowest BCUT2D eigenvalue weighted by atomic mass is 10.3. The van der Waals surface area contributed by atoms with Gasteiger partial charge in [-0.3, -0.25) is 4.79 Å². The average molecular weight is 468 g/mol. The quantitative estimate of drug-likeness (QED) is 0.239. The first-order chi connectivity index (χ1) is 11.1. The summed E-state index contributed by atoms with van der Waals surface area (Å²) in [5.74, 6) is 2.76. The van der Waals surface area contributed by atoms with Crippen LogP contribution in [0.3, 0.4) is 0 Å². The molecular formula is C16H29IN4O2S. The molecule has 0 atom stereocenters. The molecule has 0 bridgehead atoms. The number of carbonyl (C=O) groups excluding carboxylic acids is 1. The molecule has 2 N–H and O–H groups in total. The van der Waals surface area contributed by atoms with E-state index in [1.807, 2.05) is 23.9 Å². The molecule has 0 radical (unpaired) electrons. The summed E-state index contributed by atoms with van der Waals surface area (Å²) in [6.07, 6.45) is 6.82. The summed E-state index contributed by atoms with van der Waals surface area (Å²) in [5, 5.41) is 6.53. The second-order valence-electron chi connectivity index (χ2n) is 5.34. The van der Waals surface area contributed by atoms with E-state index in [2.05, 4.69) is 21.9 Å². The lowest BCUT2D eigenvalue weighted by Gasteiger charge is -2.13. The normalized spacial score (nSPS) is 10.9. The largest absolute Gasteiger partial charge is 0.469 e. The van der Waals surface area contributed by atoms with Gasteiger partial charge in [0.15, 0.2) is 5.96 Å². The molecule has 0 aromatic carbocycles. The minimum Gasteiger partial charge on any atom is -0.469 e. The molecule has 0 aliphatic rings. The van der Waals surface area contributed by atoms with Gasteiger partial charge >= 0.3 is 0 Å². The van der Waals surface area contributed by atoms with Gasteiger partial charge in [-0.1, -0.05) is 0 Å². The molecule has 6 nitrogen and oxygen atoms in total. The van der Waals surface area contributed by atoms with Crippen LogP contribution in [0.5, 0.6) is 0 Å². The summed E-state index contributed by atoms with van der Waals surface area (Å²) in [4.78, 5) is 17.6. The van der Waals surface area contributed by atoms with Crippen molar-refractivity contribution in [1.82, 2.24) is 15.5 Å². The molecule has 1 aromatic heterocycles. The third-order valence-electron chi connectivity index (χ3n) is 3.18. The number of hydrogen-bond acceptors (Lipinski definition) is 4. The van der Waals surface area contributed by atoms with Crippen LogP contribution in [-0.2, 0) is 11.2 Å². The predicted molar refractivity (Wildman–Crippen MR) is 112 cm³/mol. The fourth-order valence-electron chi connectivity index (χ4n) is 1.80. The Morgan fingerprint density at radius 1 is 1.29 bits per heavy atom. The Bertz CT molecular complexity index is 467. The second-order valence-corrected chi connectivity index (χ2v) is 6.32. The Hall–Kier alpha value is -0.900. The van der Waals surface area contributed by atoms with E-state index in [9.17, 15) is 4.79 Å². The number of carbonyl (C=O) groups is 1. The van der Waals surface area contributed by atoms with E-state index in [0.717, 1.165) is 25.1 Å². The average Bonchev–Trinajstić information content (AvgIpc) is 3.04. The monoisotopic (exact) mass is 468 g/mol. The molecule has 1 heterocycles. The lowest BCUT2D eigenvalue weighted by Crippen LogP contribution is -2.40. The molecule has 0 unspecified atom stereocenters. The Labute approximate surface area is 166 Å². The fourth-order valence-corrected chi connectivity index (χ4v) is 2.29. The summed E-state index contributed by atoms with van der Waals surface area (Å²) in [7, 11) is 3.47. The van der Waals surface area contributed by atoms with E-state index in [1.54, 1.807) is 25.3 Å². The van der Waals surface area contributed by atoms with Gasteiger partial charge in [-0.25, -0.2) is 4.99 Å². The maximum atomic E-state index is 11.7. The third kappa shape index (κ3) is 10.8. The van der Waals surface area contributed by atoms with Crippen LogP contribution >= 0.6 is 35.7 Å². The van der Waals surface area contributed by atoms with Crippen molar-refractivity contribution in [2.75, 3.05) is 45.7 Å². The number of likely N-dealkylation sites (N-methyl/N-ethyl adjacent to an activating group) is 1. The number of unbranched alkanes of at least 4 members (excludes halogenated alkanes) is 1. The Kier molecular flexibility index (Phi) is 13.9. The Morgan fingerprint density at radius 2 is 2.04 bits per heavy atom. The first kappa shape index (κ1) is 23.1. The number of thioether (sulfide) groups is 1. The molecule has 0 aliphatic carbocycles. The van der Waals surface area contributed by atoms with E-state index in [0.29, 0.717) is 12.5 Å². The molecule has 1 aromatic rings. The zero-order chi connectivity index (χ0) is 16.9. The molecule has 8 heteroatoms. The van der Waals surface area contributed by atoms with Crippen LogP contribution in [0.2, 0.25) is 0 Å². The van der Waals surface area contributed by atoms with Gasteiger partial charge in [-0.15, -0.1) is 24.0 Å². The highest BCUT2D eigenvalue weighted by Crippen LogP contribution is 2.00. The molecule has 24 heavy (non-hydrogen) atoms. The topological polar surface area (TPSA) is 69.9 Å². The van der Waals surface area contributed by atoms with Gasteiger partial charge in [-0.2, -0.15) is 11.8 Å². The molecule has 0 fully saturated rings. The van der Waals surface area contributed by atoms with Crippen molar-refractivity contribution in [1.29, 1.82) is 0 Å².